The topological polar surface area (TPSA) is 112 Å². The molecular formula is C25H38N8O3SSi. The van der Waals surface area contributed by atoms with Crippen molar-refractivity contribution in [2.75, 3.05) is 55.9 Å². The van der Waals surface area contributed by atoms with Crippen LogP contribution in [0.5, 0.6) is 0 Å². The molecule has 6 heterocycles. The van der Waals surface area contributed by atoms with Crippen LogP contribution in [0.15, 0.2) is 28.9 Å². The maximum Gasteiger partial charge on any atom is 0.177 e. The number of hydrogen-bond acceptors (Lipinski definition) is 9. The number of anilines is 1. The van der Waals surface area contributed by atoms with Gasteiger partial charge in [0, 0.05) is 69.6 Å². The summed E-state index contributed by atoms with van der Waals surface area (Å²) in [5, 5.41) is 13.4. The Bertz CT molecular complexity index is 1440. The number of nitrogens with zero attached hydrogens (tertiary/aromatic N) is 7. The van der Waals surface area contributed by atoms with Crippen LogP contribution in [0.4, 0.5) is 11.5 Å². The number of nitrogens with one attached hydrogen (secondary N) is 1. The summed E-state index contributed by atoms with van der Waals surface area (Å²) in [7, 11) is -3.43. The van der Waals surface area contributed by atoms with Crippen LogP contribution in [0.2, 0.25) is 25.7 Å². The summed E-state index contributed by atoms with van der Waals surface area (Å²) in [6, 6.07) is 5.17. The van der Waals surface area contributed by atoms with Crippen LogP contribution in [0, 0.1) is 5.41 Å². The molecule has 3 aliphatic rings. The van der Waals surface area contributed by atoms with E-state index in [9.17, 15) is 4.21 Å². The molecule has 3 fully saturated rings. The highest BCUT2D eigenvalue weighted by Crippen LogP contribution is 2.41. The highest BCUT2D eigenvalue weighted by Gasteiger charge is 2.51. The van der Waals surface area contributed by atoms with Crippen molar-refractivity contribution in [3.05, 3.63) is 24.5 Å². The first-order valence-corrected chi connectivity index (χ1v) is 19.0. The second-order valence-corrected chi connectivity index (χ2v) is 20.2. The lowest BCUT2D eigenvalue weighted by atomic mass is 9.85. The van der Waals surface area contributed by atoms with E-state index in [1.165, 1.54) is 0 Å². The van der Waals surface area contributed by atoms with E-state index in [1.54, 1.807) is 15.6 Å². The van der Waals surface area contributed by atoms with Crippen molar-refractivity contribution in [1.82, 2.24) is 29.9 Å². The van der Waals surface area contributed by atoms with Crippen molar-refractivity contribution in [3.8, 4) is 5.82 Å². The van der Waals surface area contributed by atoms with Crippen LogP contribution < -0.4 is 10.2 Å². The lowest BCUT2D eigenvalue weighted by Crippen LogP contribution is -2.66. The molecule has 3 saturated heterocycles. The van der Waals surface area contributed by atoms with Gasteiger partial charge in [-0.25, -0.2) is 13.9 Å². The van der Waals surface area contributed by atoms with Gasteiger partial charge in [0.05, 0.1) is 46.3 Å². The zero-order chi connectivity index (χ0) is 26.5. The smallest absolute Gasteiger partial charge is 0.177 e. The lowest BCUT2D eigenvalue weighted by Gasteiger charge is -2.50. The highest BCUT2D eigenvalue weighted by molar-refractivity contribution is 7.95. The van der Waals surface area contributed by atoms with Gasteiger partial charge in [-0.05, 0) is 13.0 Å². The molecule has 206 valence electrons. The van der Waals surface area contributed by atoms with E-state index in [0.717, 1.165) is 43.5 Å². The van der Waals surface area contributed by atoms with E-state index in [2.05, 4.69) is 41.9 Å². The van der Waals surface area contributed by atoms with Crippen LogP contribution in [-0.2, 0) is 25.9 Å². The maximum absolute atomic E-state index is 13.6. The number of fused-ring (bicyclic) bond motifs is 1. The monoisotopic (exact) mass is 558 g/mol. The second kappa shape index (κ2) is 9.70. The fourth-order valence-corrected chi connectivity index (χ4v) is 8.97. The minimum Gasteiger partial charge on any atom is -0.377 e. The average molecular weight is 559 g/mol. The van der Waals surface area contributed by atoms with Gasteiger partial charge in [0.15, 0.2) is 11.5 Å². The molecule has 38 heavy (non-hydrogen) atoms. The largest absolute Gasteiger partial charge is 0.377 e. The Labute approximate surface area is 225 Å². The molecule has 0 unspecified atom stereocenters. The summed E-state index contributed by atoms with van der Waals surface area (Å²) in [6.45, 7) is 14.2. The summed E-state index contributed by atoms with van der Waals surface area (Å²) in [4.78, 5) is 7.25. The minimum absolute atomic E-state index is 0.169. The van der Waals surface area contributed by atoms with E-state index in [1.807, 2.05) is 18.3 Å². The quantitative estimate of drug-likeness (QED) is 0.332. The predicted molar refractivity (Wildman–Crippen MR) is 152 cm³/mol. The highest BCUT2D eigenvalue weighted by atomic mass is 32.2. The number of pyridine rings is 1. The van der Waals surface area contributed by atoms with Crippen LogP contribution >= 0.6 is 0 Å². The van der Waals surface area contributed by atoms with Gasteiger partial charge in [0.1, 0.15) is 12.5 Å². The molecule has 0 aliphatic carbocycles. The second-order valence-electron chi connectivity index (χ2n) is 12.2. The van der Waals surface area contributed by atoms with Gasteiger partial charge in [0.2, 0.25) is 0 Å². The molecule has 3 aliphatic heterocycles. The number of hydrogen-bond donors (Lipinski definition) is 1. The van der Waals surface area contributed by atoms with E-state index in [0.29, 0.717) is 48.6 Å². The fourth-order valence-electron chi connectivity index (χ4n) is 5.34. The molecule has 0 radical (unpaired) electrons. The van der Waals surface area contributed by atoms with Crippen molar-refractivity contribution in [1.29, 1.82) is 0 Å². The molecule has 3 aromatic rings. The molecule has 0 aromatic carbocycles. The van der Waals surface area contributed by atoms with Crippen LogP contribution in [0.1, 0.15) is 6.92 Å². The molecule has 0 bridgehead atoms. The Kier molecular flexibility index (Phi) is 6.62. The fraction of sp³-hybridized carbons (Fsp3) is 0.640. The molecule has 6 rings (SSSR count). The summed E-state index contributed by atoms with van der Waals surface area (Å²) >= 11 is 0. The number of aromatic nitrogens is 5. The molecule has 13 heteroatoms. The zero-order valence-corrected chi connectivity index (χ0v) is 24.5. The van der Waals surface area contributed by atoms with Gasteiger partial charge >= 0.3 is 0 Å². The normalized spacial score (nSPS) is 22.4. The minimum atomic E-state index is -2.29. The SMILES string of the molecule is C[C@@H]1COCCN1c1cc(N=S2(=O)CC3(CNC3)C2)c2cnn(-c3ccn(COCC[Si](C)(C)C)n3)c2n1. The molecule has 0 saturated carbocycles. The molecular weight excluding hydrogens is 520 g/mol. The van der Waals surface area contributed by atoms with E-state index < -0.39 is 17.8 Å². The Morgan fingerprint density at radius 2 is 2.11 bits per heavy atom. The first-order valence-electron chi connectivity index (χ1n) is 13.4. The Morgan fingerprint density at radius 3 is 2.82 bits per heavy atom. The molecule has 1 spiro atoms. The van der Waals surface area contributed by atoms with E-state index >= 15 is 0 Å². The van der Waals surface area contributed by atoms with Crippen molar-refractivity contribution in [2.24, 2.45) is 9.78 Å². The Hall–Kier alpha value is -2.32. The summed E-state index contributed by atoms with van der Waals surface area (Å²) in [5.41, 5.74) is 1.52. The molecule has 3 aromatic heterocycles. The van der Waals surface area contributed by atoms with Crippen molar-refractivity contribution < 1.29 is 13.7 Å². The third-order valence-corrected chi connectivity index (χ3v) is 11.9. The number of ether oxygens (including phenoxy) is 2. The van der Waals surface area contributed by atoms with E-state index in [4.69, 9.17) is 23.9 Å². The molecule has 1 atom stereocenters. The number of morpholine rings is 1. The lowest BCUT2D eigenvalue weighted by molar-refractivity contribution is 0.0785. The molecule has 11 nitrogen and oxygen atoms in total. The number of rotatable bonds is 8. The Balaban J connectivity index is 1.33. The first-order chi connectivity index (χ1) is 18.1. The summed E-state index contributed by atoms with van der Waals surface area (Å²) in [5.74, 6) is 2.75. The van der Waals surface area contributed by atoms with Gasteiger partial charge in [-0.1, -0.05) is 19.6 Å². The third kappa shape index (κ3) is 5.14. The summed E-state index contributed by atoms with van der Waals surface area (Å²) < 4.78 is 33.5. The average Bonchev–Trinajstić information content (AvgIpc) is 3.45. The van der Waals surface area contributed by atoms with Gasteiger partial charge in [0.25, 0.3) is 0 Å². The van der Waals surface area contributed by atoms with Gasteiger partial charge < -0.3 is 19.7 Å². The molecule has 1 N–H and O–H groups in total. The van der Waals surface area contributed by atoms with Crippen molar-refractivity contribution in [2.45, 2.75) is 45.4 Å². The standard InChI is InChI=1S/C25H38N8O3SSi/c1-19-13-35-8-7-32(19)23-11-21(30-37(34)16-25(17-37)14-26-15-25)20-12-27-33(24(20)28-23)22-5-6-31(29-22)18-36-9-10-38(2,3)4/h5-6,11-12,19,26H,7-10,13-18H2,1-4H3/t19-/m1/s1. The molecule has 0 amide bonds. The maximum atomic E-state index is 13.6. The van der Waals surface area contributed by atoms with Crippen LogP contribution in [-0.4, -0.2) is 93.8 Å². The van der Waals surface area contributed by atoms with Gasteiger partial charge in [-0.2, -0.15) is 19.2 Å². The van der Waals surface area contributed by atoms with E-state index in [-0.39, 0.29) is 11.5 Å². The van der Waals surface area contributed by atoms with Gasteiger partial charge in [-0.3, -0.25) is 0 Å². The zero-order valence-electron chi connectivity index (χ0n) is 22.7. The third-order valence-electron chi connectivity index (χ3n) is 7.56. The first kappa shape index (κ1) is 25.9. The predicted octanol–water partition coefficient (Wildman–Crippen LogP) is 2.86. The van der Waals surface area contributed by atoms with Crippen LogP contribution in [0.3, 0.4) is 0 Å². The van der Waals surface area contributed by atoms with Crippen molar-refractivity contribution in [3.63, 3.8) is 0 Å². The van der Waals surface area contributed by atoms with Crippen molar-refractivity contribution >= 4 is 40.3 Å². The summed E-state index contributed by atoms with van der Waals surface area (Å²) in [6.07, 6.45) is 3.66. The van der Waals surface area contributed by atoms with Crippen LogP contribution in [0.25, 0.3) is 16.9 Å². The van der Waals surface area contributed by atoms with Gasteiger partial charge in [-0.15, -0.1) is 0 Å². The Morgan fingerprint density at radius 1 is 1.29 bits per heavy atom.